The second kappa shape index (κ2) is 4.59. The number of carbonyl (C=O) groups excluding carboxylic acids is 1. The summed E-state index contributed by atoms with van der Waals surface area (Å²) in [4.78, 5) is 16.9. The molecule has 0 amide bonds. The summed E-state index contributed by atoms with van der Waals surface area (Å²) < 4.78 is 0. The fourth-order valence-corrected chi connectivity index (χ4v) is 1.77. The SMILES string of the molecule is NCCN(CC(=O)c1ccc[nH]1)C1CC1. The Hall–Kier alpha value is -1.13. The Morgan fingerprint density at radius 2 is 2.40 bits per heavy atom. The average Bonchev–Trinajstić information content (AvgIpc) is 2.92. The maximum absolute atomic E-state index is 11.8. The quantitative estimate of drug-likeness (QED) is 0.672. The predicted molar refractivity (Wildman–Crippen MR) is 58.8 cm³/mol. The van der Waals surface area contributed by atoms with E-state index in [9.17, 15) is 4.79 Å². The van der Waals surface area contributed by atoms with Gasteiger partial charge in [-0.2, -0.15) is 0 Å². The fraction of sp³-hybridized carbons (Fsp3) is 0.545. The first-order valence-electron chi connectivity index (χ1n) is 5.42. The Labute approximate surface area is 89.5 Å². The van der Waals surface area contributed by atoms with Gasteiger partial charge in [0, 0.05) is 25.3 Å². The lowest BCUT2D eigenvalue weighted by molar-refractivity contribution is 0.0923. The highest BCUT2D eigenvalue weighted by molar-refractivity contribution is 5.95. The second-order valence-electron chi connectivity index (χ2n) is 4.00. The molecule has 0 radical (unpaired) electrons. The largest absolute Gasteiger partial charge is 0.359 e. The van der Waals surface area contributed by atoms with Crippen molar-refractivity contribution >= 4 is 5.78 Å². The van der Waals surface area contributed by atoms with Crippen molar-refractivity contribution in [2.24, 2.45) is 5.73 Å². The van der Waals surface area contributed by atoms with Gasteiger partial charge in [-0.1, -0.05) is 0 Å². The maximum Gasteiger partial charge on any atom is 0.192 e. The lowest BCUT2D eigenvalue weighted by atomic mass is 10.2. The van der Waals surface area contributed by atoms with Crippen LogP contribution in [0.1, 0.15) is 23.3 Å². The molecule has 1 aromatic heterocycles. The van der Waals surface area contributed by atoms with E-state index in [0.717, 1.165) is 6.54 Å². The van der Waals surface area contributed by atoms with Gasteiger partial charge in [0.2, 0.25) is 0 Å². The number of nitrogens with one attached hydrogen (secondary N) is 1. The van der Waals surface area contributed by atoms with Crippen molar-refractivity contribution < 1.29 is 4.79 Å². The standard InChI is InChI=1S/C11H17N3O/c12-5-7-14(9-3-4-9)8-11(15)10-2-1-6-13-10/h1-2,6,9,13H,3-5,7-8,12H2. The Morgan fingerprint density at radius 3 is 2.93 bits per heavy atom. The molecule has 1 aliphatic rings. The van der Waals surface area contributed by atoms with E-state index in [1.807, 2.05) is 12.1 Å². The average molecular weight is 207 g/mol. The molecule has 0 unspecified atom stereocenters. The summed E-state index contributed by atoms with van der Waals surface area (Å²) in [5.41, 5.74) is 6.22. The highest BCUT2D eigenvalue weighted by atomic mass is 16.1. The van der Waals surface area contributed by atoms with Crippen LogP contribution >= 0.6 is 0 Å². The zero-order valence-electron chi connectivity index (χ0n) is 8.78. The van der Waals surface area contributed by atoms with Crippen LogP contribution < -0.4 is 5.73 Å². The molecule has 0 spiro atoms. The normalized spacial score (nSPS) is 15.9. The molecule has 0 saturated heterocycles. The number of aromatic nitrogens is 1. The van der Waals surface area contributed by atoms with Gasteiger partial charge in [-0.15, -0.1) is 0 Å². The van der Waals surface area contributed by atoms with Crippen molar-refractivity contribution in [3.8, 4) is 0 Å². The number of hydrogen-bond donors (Lipinski definition) is 2. The van der Waals surface area contributed by atoms with Gasteiger partial charge in [-0.05, 0) is 25.0 Å². The summed E-state index contributed by atoms with van der Waals surface area (Å²) in [5.74, 6) is 0.153. The topological polar surface area (TPSA) is 62.1 Å². The van der Waals surface area contributed by atoms with E-state index in [2.05, 4.69) is 9.88 Å². The van der Waals surface area contributed by atoms with Crippen molar-refractivity contribution in [3.63, 3.8) is 0 Å². The van der Waals surface area contributed by atoms with Crippen molar-refractivity contribution in [3.05, 3.63) is 24.0 Å². The van der Waals surface area contributed by atoms with Crippen LogP contribution in [0.2, 0.25) is 0 Å². The number of ketones is 1. The Bertz CT molecular complexity index is 317. The van der Waals surface area contributed by atoms with E-state index in [-0.39, 0.29) is 5.78 Å². The Balaban J connectivity index is 1.91. The minimum Gasteiger partial charge on any atom is -0.359 e. The Kier molecular flexibility index (Phi) is 3.18. The lowest BCUT2D eigenvalue weighted by Crippen LogP contribution is -2.36. The third kappa shape index (κ3) is 2.67. The summed E-state index contributed by atoms with van der Waals surface area (Å²) in [6.07, 6.45) is 4.19. The molecule has 3 N–H and O–H groups in total. The third-order valence-corrected chi connectivity index (χ3v) is 2.72. The molecule has 1 saturated carbocycles. The summed E-state index contributed by atoms with van der Waals surface area (Å²) in [7, 11) is 0. The van der Waals surface area contributed by atoms with Crippen LogP contribution in [0, 0.1) is 0 Å². The van der Waals surface area contributed by atoms with Crippen LogP contribution in [0.3, 0.4) is 0 Å². The number of nitrogens with zero attached hydrogens (tertiary/aromatic N) is 1. The number of carbonyl (C=O) groups is 1. The van der Waals surface area contributed by atoms with Crippen LogP contribution in [-0.4, -0.2) is 41.3 Å². The molecule has 1 aliphatic carbocycles. The van der Waals surface area contributed by atoms with Crippen molar-refractivity contribution in [2.45, 2.75) is 18.9 Å². The fourth-order valence-electron chi connectivity index (χ4n) is 1.77. The number of H-pyrrole nitrogens is 1. The molecule has 15 heavy (non-hydrogen) atoms. The zero-order chi connectivity index (χ0) is 10.7. The van der Waals surface area contributed by atoms with E-state index in [1.165, 1.54) is 12.8 Å². The minimum absolute atomic E-state index is 0.153. The van der Waals surface area contributed by atoms with Crippen molar-refractivity contribution in [1.82, 2.24) is 9.88 Å². The summed E-state index contributed by atoms with van der Waals surface area (Å²) >= 11 is 0. The second-order valence-corrected chi connectivity index (χ2v) is 4.00. The van der Waals surface area contributed by atoms with Gasteiger partial charge in [0.25, 0.3) is 0 Å². The molecule has 1 fully saturated rings. The molecule has 0 bridgehead atoms. The van der Waals surface area contributed by atoms with E-state index in [1.54, 1.807) is 6.20 Å². The van der Waals surface area contributed by atoms with Crippen LogP contribution in [0.5, 0.6) is 0 Å². The van der Waals surface area contributed by atoms with Crippen LogP contribution in [0.25, 0.3) is 0 Å². The number of nitrogens with two attached hydrogens (primary N) is 1. The molecule has 82 valence electrons. The highest BCUT2D eigenvalue weighted by Gasteiger charge is 2.29. The van der Waals surface area contributed by atoms with Gasteiger partial charge in [-0.3, -0.25) is 9.69 Å². The first-order valence-corrected chi connectivity index (χ1v) is 5.42. The first kappa shape index (κ1) is 10.4. The molecule has 0 aromatic carbocycles. The first-order chi connectivity index (χ1) is 7.31. The van der Waals surface area contributed by atoms with Crippen LogP contribution in [-0.2, 0) is 0 Å². The molecular formula is C11H17N3O. The minimum atomic E-state index is 0.153. The Morgan fingerprint density at radius 1 is 1.60 bits per heavy atom. The van der Waals surface area contributed by atoms with Gasteiger partial charge in [0.1, 0.15) is 0 Å². The molecule has 2 rings (SSSR count). The summed E-state index contributed by atoms with van der Waals surface area (Å²) in [6, 6.07) is 4.25. The van der Waals surface area contributed by atoms with Crippen molar-refractivity contribution in [1.29, 1.82) is 0 Å². The molecule has 4 nitrogen and oxygen atoms in total. The van der Waals surface area contributed by atoms with E-state index in [4.69, 9.17) is 5.73 Å². The van der Waals surface area contributed by atoms with Gasteiger partial charge in [-0.25, -0.2) is 0 Å². The number of hydrogen-bond acceptors (Lipinski definition) is 3. The van der Waals surface area contributed by atoms with E-state index >= 15 is 0 Å². The van der Waals surface area contributed by atoms with Crippen molar-refractivity contribution in [2.75, 3.05) is 19.6 Å². The zero-order valence-corrected chi connectivity index (χ0v) is 8.78. The third-order valence-electron chi connectivity index (χ3n) is 2.72. The maximum atomic E-state index is 11.8. The van der Waals surface area contributed by atoms with Gasteiger partial charge >= 0.3 is 0 Å². The molecule has 1 heterocycles. The number of aromatic amines is 1. The summed E-state index contributed by atoms with van der Waals surface area (Å²) in [5, 5.41) is 0. The summed E-state index contributed by atoms with van der Waals surface area (Å²) in [6.45, 7) is 1.92. The monoisotopic (exact) mass is 207 g/mol. The molecule has 4 heteroatoms. The van der Waals surface area contributed by atoms with Gasteiger partial charge in [0.15, 0.2) is 5.78 Å². The molecule has 0 aliphatic heterocycles. The lowest BCUT2D eigenvalue weighted by Gasteiger charge is -2.19. The number of rotatable bonds is 6. The predicted octanol–water partition coefficient (Wildman–Crippen LogP) is 0.620. The van der Waals surface area contributed by atoms with E-state index < -0.39 is 0 Å². The van der Waals surface area contributed by atoms with Crippen LogP contribution in [0.15, 0.2) is 18.3 Å². The number of Topliss-reactive ketones (excluding diaryl/α,β-unsaturated/α-hetero) is 1. The molecule has 0 atom stereocenters. The molecular weight excluding hydrogens is 190 g/mol. The smallest absolute Gasteiger partial charge is 0.192 e. The van der Waals surface area contributed by atoms with Gasteiger partial charge in [0.05, 0.1) is 12.2 Å². The van der Waals surface area contributed by atoms with Gasteiger partial charge < -0.3 is 10.7 Å². The highest BCUT2D eigenvalue weighted by Crippen LogP contribution is 2.26. The van der Waals surface area contributed by atoms with Crippen LogP contribution in [0.4, 0.5) is 0 Å². The molecule has 1 aromatic rings. The van der Waals surface area contributed by atoms with E-state index in [0.29, 0.717) is 24.8 Å².